The third kappa shape index (κ3) is 16.3. The zero-order valence-electron chi connectivity index (χ0n) is 65.8. The lowest BCUT2D eigenvalue weighted by Crippen LogP contribution is -2.46. The van der Waals surface area contributed by atoms with Crippen molar-refractivity contribution in [1.29, 1.82) is 0 Å². The summed E-state index contributed by atoms with van der Waals surface area (Å²) in [6.07, 6.45) is 26.7. The quantitative estimate of drug-likeness (QED) is 0.113. The molecule has 1 N–H and O–H groups in total. The molecular weight excluding hydrogens is 1430 g/mol. The first kappa shape index (κ1) is 75.5. The fraction of sp³-hybridized carbons (Fsp3) is 0.307. The molecule has 0 aliphatic carbocycles. The Hall–Kier alpha value is -12.5. The molecule has 0 spiro atoms. The maximum atomic E-state index is 12.9. The molecule has 0 saturated carbocycles. The minimum atomic E-state index is -0.106. The van der Waals surface area contributed by atoms with Crippen molar-refractivity contribution in [1.82, 2.24) is 96.7 Å². The van der Waals surface area contributed by atoms with Gasteiger partial charge < -0.3 is 20.0 Å². The SMILES string of the molecule is CCCN1CC=C(c2ccc3nc(-c4ccc5c(cnn5C)c4)cc(=O)n3c2)CC1.CCN1CC=C(c2ccc3nc(-c4ccc5c(cnn5C)c4)cc(=O)n3c2)CC1.CCN1CCN(c2ccc3nc(-c4cc5cnc(C)cn5n4)cc(=O)n3c2)CC1.CN(C)c1ccc(-c2cc(=O)n3cc(C4CCNCC4)ccc3n2)cn1. The molecule has 2 saturated heterocycles. The molecule has 0 unspecified atom stereocenters. The van der Waals surface area contributed by atoms with Crippen LogP contribution < -0.4 is 37.4 Å². The highest BCUT2D eigenvalue weighted by atomic mass is 16.1. The summed E-state index contributed by atoms with van der Waals surface area (Å²) in [6.45, 7) is 21.9. The number of pyridine rings is 5. The Balaban J connectivity index is 0.000000115. The number of rotatable bonds is 13. The van der Waals surface area contributed by atoms with Crippen LogP contribution in [0.5, 0.6) is 0 Å². The van der Waals surface area contributed by atoms with Gasteiger partial charge in [-0.2, -0.15) is 15.3 Å². The number of hydrogen-bond donors (Lipinski definition) is 1. The molecule has 13 aromatic heterocycles. The Labute approximate surface area is 658 Å². The predicted molar refractivity (Wildman–Crippen MR) is 453 cm³/mol. The predicted octanol–water partition coefficient (Wildman–Crippen LogP) is 11.2. The summed E-state index contributed by atoms with van der Waals surface area (Å²) >= 11 is 0. The average molecular weight is 1520 g/mol. The van der Waals surface area contributed by atoms with Gasteiger partial charge >= 0.3 is 0 Å². The second kappa shape index (κ2) is 33.1. The Bertz CT molecular complexity index is 6410. The zero-order valence-corrected chi connectivity index (χ0v) is 65.8. The van der Waals surface area contributed by atoms with Gasteiger partial charge in [0.05, 0.1) is 75.5 Å². The first-order chi connectivity index (χ1) is 55.5. The van der Waals surface area contributed by atoms with E-state index >= 15 is 0 Å². The van der Waals surface area contributed by atoms with Gasteiger partial charge in [-0.15, -0.1) is 0 Å². The third-order valence-electron chi connectivity index (χ3n) is 22.3. The van der Waals surface area contributed by atoms with Gasteiger partial charge in [-0.25, -0.2) is 29.4 Å². The Morgan fingerprint density at radius 2 is 0.974 bits per heavy atom. The second-order valence-corrected chi connectivity index (χ2v) is 29.9. The van der Waals surface area contributed by atoms with E-state index in [0.29, 0.717) is 57.0 Å². The summed E-state index contributed by atoms with van der Waals surface area (Å²) < 4.78 is 12.0. The Morgan fingerprint density at radius 1 is 0.465 bits per heavy atom. The summed E-state index contributed by atoms with van der Waals surface area (Å²) in [6, 6.07) is 40.3. The molecule has 0 radical (unpaired) electrons. The van der Waals surface area contributed by atoms with Crippen molar-refractivity contribution in [2.24, 2.45) is 14.1 Å². The summed E-state index contributed by atoms with van der Waals surface area (Å²) in [5.41, 5.74) is 19.2. The van der Waals surface area contributed by atoms with Crippen molar-refractivity contribution in [2.75, 3.05) is 109 Å². The van der Waals surface area contributed by atoms with Crippen molar-refractivity contribution in [3.05, 3.63) is 259 Å². The first-order valence-electron chi connectivity index (χ1n) is 39.4. The van der Waals surface area contributed by atoms with E-state index in [9.17, 15) is 19.2 Å². The molecule has 19 rings (SSSR count). The van der Waals surface area contributed by atoms with Crippen molar-refractivity contribution in [2.45, 2.75) is 65.7 Å². The molecule has 4 aliphatic rings. The average Bonchev–Trinajstić information content (AvgIpc) is 1.16. The Morgan fingerprint density at radius 3 is 1.51 bits per heavy atom. The number of piperazine rings is 1. The molecule has 26 nitrogen and oxygen atoms in total. The maximum absolute atomic E-state index is 12.9. The van der Waals surface area contributed by atoms with Gasteiger partial charge in [-0.1, -0.05) is 51.1 Å². The van der Waals surface area contributed by atoms with E-state index in [1.807, 2.05) is 178 Å². The van der Waals surface area contributed by atoms with Crippen LogP contribution in [0.3, 0.4) is 0 Å². The molecule has 0 bridgehead atoms. The van der Waals surface area contributed by atoms with Crippen LogP contribution in [-0.2, 0) is 14.1 Å². The number of anilines is 2. The van der Waals surface area contributed by atoms with Crippen LogP contribution >= 0.6 is 0 Å². The lowest BCUT2D eigenvalue weighted by molar-refractivity contribution is 0.271. The lowest BCUT2D eigenvalue weighted by atomic mass is 9.91. The molecule has 15 aromatic rings. The van der Waals surface area contributed by atoms with Crippen molar-refractivity contribution >= 4 is 72.6 Å². The fourth-order valence-electron chi connectivity index (χ4n) is 15.6. The summed E-state index contributed by atoms with van der Waals surface area (Å²) in [5, 5.41) is 18.6. The van der Waals surface area contributed by atoms with E-state index in [4.69, 9.17) is 9.97 Å². The minimum absolute atomic E-state index is 0.0579. The van der Waals surface area contributed by atoms with Crippen LogP contribution in [0.4, 0.5) is 11.5 Å². The van der Waals surface area contributed by atoms with Gasteiger partial charge in [0.2, 0.25) is 0 Å². The third-order valence-corrected chi connectivity index (χ3v) is 22.3. The van der Waals surface area contributed by atoms with E-state index in [1.165, 1.54) is 23.1 Å². The molecule has 0 atom stereocenters. The number of benzene rings is 2. The van der Waals surface area contributed by atoms with Gasteiger partial charge in [-0.05, 0) is 190 Å². The van der Waals surface area contributed by atoms with E-state index < -0.39 is 0 Å². The lowest BCUT2D eigenvalue weighted by Gasteiger charge is -2.35. The second-order valence-electron chi connectivity index (χ2n) is 29.9. The molecule has 580 valence electrons. The number of hydrogen-bond acceptors (Lipinski definition) is 19. The van der Waals surface area contributed by atoms with Crippen LogP contribution in [0.2, 0.25) is 0 Å². The summed E-state index contributed by atoms with van der Waals surface area (Å²) in [4.78, 5) is 90.3. The topological polar surface area (TPSA) is 244 Å². The monoisotopic (exact) mass is 1520 g/mol. The Kier molecular flexibility index (Phi) is 21.9. The maximum Gasteiger partial charge on any atom is 0.258 e. The van der Waals surface area contributed by atoms with Gasteiger partial charge in [0.1, 0.15) is 34.1 Å². The van der Waals surface area contributed by atoms with Crippen molar-refractivity contribution < 1.29 is 0 Å². The highest BCUT2D eigenvalue weighted by Crippen LogP contribution is 2.31. The number of piperidine rings is 1. The minimum Gasteiger partial charge on any atom is -0.368 e. The van der Waals surface area contributed by atoms with E-state index in [2.05, 4.69) is 111 Å². The zero-order chi connectivity index (χ0) is 78.7. The molecule has 2 fully saturated rings. The number of fused-ring (bicyclic) bond motifs is 7. The van der Waals surface area contributed by atoms with E-state index in [1.54, 1.807) is 58.8 Å². The van der Waals surface area contributed by atoms with Crippen LogP contribution in [0.1, 0.15) is 81.2 Å². The normalized spacial score (nSPS) is 15.2. The van der Waals surface area contributed by atoms with Crippen LogP contribution in [0, 0.1) is 6.92 Å². The van der Waals surface area contributed by atoms with Crippen LogP contribution in [-0.4, -0.2) is 191 Å². The highest BCUT2D eigenvalue weighted by Gasteiger charge is 2.22. The van der Waals surface area contributed by atoms with Gasteiger partial charge in [0, 0.05) is 163 Å². The number of nitrogens with zero attached hydrogens (tertiary/aromatic N) is 21. The van der Waals surface area contributed by atoms with Crippen molar-refractivity contribution in [3.8, 4) is 45.2 Å². The van der Waals surface area contributed by atoms with E-state index in [-0.39, 0.29) is 22.2 Å². The first-order valence-corrected chi connectivity index (χ1v) is 39.4. The molecule has 114 heavy (non-hydrogen) atoms. The standard InChI is InChI=1S/C24H25N5O.C23H23N5O.C21H23N7O.C20H23N5O/c1-3-10-28-11-8-17(9-12-28)19-5-7-23-26-21(14-24(30)29(23)16-19)18-4-6-22-20(13-18)15-25-27(22)2;1-3-27-10-8-16(9-11-27)18-5-7-22-25-20(13-23(29)28(22)15-18)17-4-6-21-19(12-17)14-24-26(21)2;1-3-25-6-8-26(9-7-25)16-4-5-20-23-18(11-21(29)27(20)14-16)19-10-17-12-22-15(2)13-28(17)24-19;1-24(2)18-5-3-15(12-22-18)17-11-20(26)25-13-16(4-6-19(25)23-17)14-7-9-21-10-8-14/h4-8,13-16H,3,9-12H2,1-2H3;4-8,12-15H,3,9-11H2,1-2H3;4-5,10-14H,3,6-9H2,1-2H3;3-6,11-14,21H,7-10H2,1-2H3. The van der Waals surface area contributed by atoms with Gasteiger partial charge in [0.25, 0.3) is 22.2 Å². The number of nitrogens with one attached hydrogen (secondary N) is 1. The smallest absolute Gasteiger partial charge is 0.258 e. The molecule has 4 aliphatic heterocycles. The number of aromatic nitrogens is 16. The molecule has 2 aromatic carbocycles. The fourth-order valence-corrected chi connectivity index (χ4v) is 15.6. The number of aryl methyl sites for hydroxylation is 3. The van der Waals surface area contributed by atoms with E-state index in [0.717, 1.165) is 183 Å². The largest absolute Gasteiger partial charge is 0.368 e. The van der Waals surface area contributed by atoms with Gasteiger partial charge in [0.15, 0.2) is 0 Å². The van der Waals surface area contributed by atoms with Crippen molar-refractivity contribution in [3.63, 3.8) is 0 Å². The molecule has 26 heteroatoms. The van der Waals surface area contributed by atoms with Crippen LogP contribution in [0.15, 0.2) is 214 Å². The van der Waals surface area contributed by atoms with Crippen LogP contribution in [0.25, 0.3) is 106 Å². The van der Waals surface area contributed by atoms with Gasteiger partial charge in [-0.3, -0.25) is 60.9 Å². The summed E-state index contributed by atoms with van der Waals surface area (Å²) in [7, 11) is 7.73. The molecular formula is C88H94N22O4. The molecule has 17 heterocycles. The summed E-state index contributed by atoms with van der Waals surface area (Å²) in [5.74, 6) is 1.38. The number of likely N-dealkylation sites (N-methyl/N-ethyl adjacent to an activating group) is 2. The molecule has 0 amide bonds. The highest BCUT2D eigenvalue weighted by molar-refractivity contribution is 5.85.